The molecule has 1 amide bonds. The van der Waals surface area contributed by atoms with Gasteiger partial charge in [-0.25, -0.2) is 4.39 Å². The van der Waals surface area contributed by atoms with E-state index in [1.54, 1.807) is 11.0 Å². The molecule has 0 bridgehead atoms. The summed E-state index contributed by atoms with van der Waals surface area (Å²) < 4.78 is 27.2. The van der Waals surface area contributed by atoms with E-state index in [1.807, 2.05) is 6.92 Å². The number of ether oxygens (including phenoxy) is 2. The molecule has 1 N–H and O–H groups in total. The predicted octanol–water partition coefficient (Wildman–Crippen LogP) is 6.88. The number of fused-ring (bicyclic) bond motifs is 2. The molecule has 13 heteroatoms. The van der Waals surface area contributed by atoms with Gasteiger partial charge >= 0.3 is 6.01 Å². The molecule has 4 aromatic rings. The van der Waals surface area contributed by atoms with E-state index < -0.39 is 5.82 Å². The largest absolute Gasteiger partial charge is 0.463 e. The average molecular weight is 641 g/mol. The third-order valence-electron chi connectivity index (χ3n) is 8.33. The van der Waals surface area contributed by atoms with Crippen molar-refractivity contribution in [1.82, 2.24) is 30.0 Å². The molecule has 230 valence electrons. The second kappa shape index (κ2) is 12.6. The molecule has 2 atom stereocenters. The van der Waals surface area contributed by atoms with Crippen LogP contribution in [0.15, 0.2) is 42.6 Å². The maximum absolute atomic E-state index is 14.7. The molecule has 1 aliphatic heterocycles. The zero-order valence-electron chi connectivity index (χ0n) is 24.4. The van der Waals surface area contributed by atoms with Gasteiger partial charge < -0.3 is 19.3 Å². The molecular weight excluding hydrogens is 608 g/mol. The number of anilines is 1. The van der Waals surface area contributed by atoms with Crippen LogP contribution >= 0.6 is 23.2 Å². The van der Waals surface area contributed by atoms with Crippen molar-refractivity contribution < 1.29 is 18.7 Å². The topological polar surface area (TPSA) is 109 Å². The number of hydrogen-bond acceptors (Lipinski definition) is 8. The van der Waals surface area contributed by atoms with Crippen molar-refractivity contribution in [1.29, 1.82) is 0 Å². The molecule has 3 aromatic heterocycles. The summed E-state index contributed by atoms with van der Waals surface area (Å²) in [7, 11) is 0. The monoisotopic (exact) mass is 639 g/mol. The number of rotatable bonds is 7. The standard InChI is InChI=1S/C31H32Cl2FN7O3/c1-4-18-8-6-7-9-19(18)16-43-31-37-27-20(29(38-31)40-10-11-41(17(3)15-40)25(42)5-2)12-24(32)36-30(27)44-28-21-14-35-39-23(21)13-22(34)26(28)33/h4-5,12-14,17,19H,2,6-11,15-16H2,1,3H3,(H,35,39)/b18-4+/t17-,19+/m1/s1. The number of nitrogens with zero attached hydrogens (tertiary/aromatic N) is 6. The smallest absolute Gasteiger partial charge is 0.319 e. The van der Waals surface area contributed by atoms with Crippen molar-refractivity contribution >= 4 is 56.7 Å². The Morgan fingerprint density at radius 1 is 1.20 bits per heavy atom. The van der Waals surface area contributed by atoms with Crippen molar-refractivity contribution in [3.63, 3.8) is 0 Å². The highest BCUT2D eigenvalue weighted by Crippen LogP contribution is 2.41. The normalized spacial score (nSPS) is 20.0. The molecule has 0 unspecified atom stereocenters. The number of carbonyl (C=O) groups is 1. The van der Waals surface area contributed by atoms with E-state index in [9.17, 15) is 9.18 Å². The van der Waals surface area contributed by atoms with Gasteiger partial charge in [-0.1, -0.05) is 47.9 Å². The van der Waals surface area contributed by atoms with E-state index >= 15 is 0 Å². The number of aromatic nitrogens is 5. The number of carbonyl (C=O) groups excluding carboxylic acids is 1. The van der Waals surface area contributed by atoms with Crippen molar-refractivity contribution in [2.45, 2.75) is 45.6 Å². The minimum absolute atomic E-state index is 0.0105. The summed E-state index contributed by atoms with van der Waals surface area (Å²) in [6.07, 6.45) is 9.38. The van der Waals surface area contributed by atoms with Crippen LogP contribution in [0.3, 0.4) is 0 Å². The van der Waals surface area contributed by atoms with Gasteiger partial charge in [0.1, 0.15) is 27.3 Å². The Labute approximate surface area is 263 Å². The summed E-state index contributed by atoms with van der Waals surface area (Å²) in [5.74, 6) is 0.0594. The molecule has 44 heavy (non-hydrogen) atoms. The summed E-state index contributed by atoms with van der Waals surface area (Å²) in [6.45, 7) is 9.56. The third kappa shape index (κ3) is 5.78. The highest BCUT2D eigenvalue weighted by Gasteiger charge is 2.30. The van der Waals surface area contributed by atoms with E-state index in [0.29, 0.717) is 53.9 Å². The molecule has 6 rings (SSSR count). The first-order chi connectivity index (χ1) is 21.3. The number of amides is 1. The van der Waals surface area contributed by atoms with Gasteiger partial charge in [0.05, 0.1) is 29.1 Å². The molecule has 1 aliphatic carbocycles. The van der Waals surface area contributed by atoms with E-state index in [4.69, 9.17) is 42.6 Å². The van der Waals surface area contributed by atoms with Crippen LogP contribution in [0.2, 0.25) is 10.2 Å². The molecule has 10 nitrogen and oxygen atoms in total. The van der Waals surface area contributed by atoms with E-state index in [1.165, 1.54) is 30.3 Å². The third-order valence-corrected chi connectivity index (χ3v) is 8.88. The van der Waals surface area contributed by atoms with Crippen LogP contribution in [0.4, 0.5) is 10.2 Å². The van der Waals surface area contributed by atoms with E-state index in [2.05, 4.69) is 39.7 Å². The molecule has 2 fully saturated rings. The fourth-order valence-electron chi connectivity index (χ4n) is 6.06. The lowest BCUT2D eigenvalue weighted by atomic mass is 9.85. The summed E-state index contributed by atoms with van der Waals surface area (Å²) in [4.78, 5) is 30.3. The second-order valence-corrected chi connectivity index (χ2v) is 11.8. The molecule has 0 spiro atoms. The number of halogens is 3. The molecule has 4 heterocycles. The van der Waals surface area contributed by atoms with Gasteiger partial charge in [0, 0.05) is 37.7 Å². The van der Waals surface area contributed by atoms with Crippen molar-refractivity contribution in [2.24, 2.45) is 5.92 Å². The van der Waals surface area contributed by atoms with Gasteiger partial charge in [0.2, 0.25) is 11.8 Å². The zero-order valence-corrected chi connectivity index (χ0v) is 26.0. The Morgan fingerprint density at radius 3 is 2.82 bits per heavy atom. The van der Waals surface area contributed by atoms with Crippen LogP contribution in [0.1, 0.15) is 39.5 Å². The Hall–Kier alpha value is -3.96. The molecular formula is C31H32Cl2FN7O3. The van der Waals surface area contributed by atoms with Crippen LogP contribution in [0.5, 0.6) is 17.6 Å². The molecule has 1 saturated carbocycles. The van der Waals surface area contributed by atoms with Crippen molar-refractivity contribution in [3.8, 4) is 17.6 Å². The Balaban J connectivity index is 1.44. The average Bonchev–Trinajstić information content (AvgIpc) is 3.49. The first-order valence-electron chi connectivity index (χ1n) is 14.6. The van der Waals surface area contributed by atoms with E-state index in [-0.39, 0.29) is 45.7 Å². The Kier molecular flexibility index (Phi) is 8.59. The molecule has 1 aromatic carbocycles. The van der Waals surface area contributed by atoms with Crippen molar-refractivity contribution in [2.75, 3.05) is 31.1 Å². The summed E-state index contributed by atoms with van der Waals surface area (Å²) >= 11 is 12.9. The van der Waals surface area contributed by atoms with Crippen molar-refractivity contribution in [3.05, 3.63) is 58.6 Å². The lowest BCUT2D eigenvalue weighted by Gasteiger charge is -2.40. The number of hydrogen-bond donors (Lipinski definition) is 1. The quantitative estimate of drug-likeness (QED) is 0.132. The first-order valence-corrected chi connectivity index (χ1v) is 15.4. The number of nitrogens with one attached hydrogen (secondary N) is 1. The van der Waals surface area contributed by atoms with Gasteiger partial charge in [0.15, 0.2) is 5.75 Å². The van der Waals surface area contributed by atoms with Crippen LogP contribution in [0, 0.1) is 11.7 Å². The van der Waals surface area contributed by atoms with Crippen LogP contribution in [-0.2, 0) is 4.79 Å². The number of H-pyrrole nitrogens is 1. The lowest BCUT2D eigenvalue weighted by molar-refractivity contribution is -0.128. The van der Waals surface area contributed by atoms with Gasteiger partial charge in [-0.2, -0.15) is 20.1 Å². The number of aromatic amines is 1. The van der Waals surface area contributed by atoms with Crippen LogP contribution in [-0.4, -0.2) is 68.2 Å². The predicted molar refractivity (Wildman–Crippen MR) is 168 cm³/mol. The second-order valence-electron chi connectivity index (χ2n) is 11.1. The molecule has 0 radical (unpaired) electrons. The van der Waals surface area contributed by atoms with Crippen LogP contribution in [0.25, 0.3) is 21.8 Å². The summed E-state index contributed by atoms with van der Waals surface area (Å²) in [5, 5.41) is 7.65. The number of pyridine rings is 1. The number of benzene rings is 1. The maximum Gasteiger partial charge on any atom is 0.319 e. The number of piperazine rings is 1. The van der Waals surface area contributed by atoms with E-state index in [0.717, 1.165) is 19.3 Å². The highest BCUT2D eigenvalue weighted by molar-refractivity contribution is 6.33. The Morgan fingerprint density at radius 2 is 2.05 bits per heavy atom. The van der Waals surface area contributed by atoms with Gasteiger partial charge in [0.25, 0.3) is 0 Å². The van der Waals surface area contributed by atoms with Gasteiger partial charge in [-0.05, 0) is 45.3 Å². The highest BCUT2D eigenvalue weighted by atomic mass is 35.5. The first kappa shape index (κ1) is 30.1. The minimum atomic E-state index is -0.683. The molecule has 2 aliphatic rings. The van der Waals surface area contributed by atoms with Gasteiger partial charge in [-0.15, -0.1) is 0 Å². The summed E-state index contributed by atoms with van der Waals surface area (Å²) in [5.41, 5.74) is 2.09. The lowest BCUT2D eigenvalue weighted by Crippen LogP contribution is -2.54. The maximum atomic E-state index is 14.7. The fourth-order valence-corrected chi connectivity index (χ4v) is 6.44. The van der Waals surface area contributed by atoms with Crippen LogP contribution < -0.4 is 14.4 Å². The zero-order chi connectivity index (χ0) is 31.0. The molecule has 1 saturated heterocycles. The Bertz CT molecular complexity index is 1780. The van der Waals surface area contributed by atoms with Gasteiger partial charge in [-0.3, -0.25) is 9.89 Å². The fraction of sp³-hybridized carbons (Fsp3) is 0.387. The minimum Gasteiger partial charge on any atom is -0.463 e. The summed E-state index contributed by atoms with van der Waals surface area (Å²) in [6, 6.07) is 2.94. The number of allylic oxidation sites excluding steroid dienone is 1. The SMILES string of the molecule is C=CC(=O)N1CCN(c2nc(OC[C@@H]3CCCC/C3=C\C)nc3c(Oc4c(Cl)c(F)cc5[nH]ncc45)nc(Cl)cc23)C[C@H]1C.